The maximum atomic E-state index is 10.6. The Bertz CT molecular complexity index is 215. The van der Waals surface area contributed by atoms with E-state index in [4.69, 9.17) is 11.5 Å². The highest BCUT2D eigenvalue weighted by Gasteiger charge is 2.27. The standard InChI is InChI=1S/C7H16N4O2/c1-4(10-5(8)12)7(2,3)11-6(9)13/h4H,1-3H3,(H3,8,10,12)(H3,9,11,13). The lowest BCUT2D eigenvalue weighted by molar-refractivity contribution is 0.220. The number of urea groups is 2. The number of primary amides is 2. The van der Waals surface area contributed by atoms with E-state index in [2.05, 4.69) is 10.6 Å². The Kier molecular flexibility index (Phi) is 3.53. The van der Waals surface area contributed by atoms with Crippen LogP contribution in [0.1, 0.15) is 20.8 Å². The molecule has 0 saturated heterocycles. The number of hydrogen-bond acceptors (Lipinski definition) is 2. The lowest BCUT2D eigenvalue weighted by Crippen LogP contribution is -2.59. The molecule has 1 unspecified atom stereocenters. The molecule has 6 N–H and O–H groups in total. The van der Waals surface area contributed by atoms with Crippen LogP contribution < -0.4 is 22.1 Å². The summed E-state index contributed by atoms with van der Waals surface area (Å²) in [6.07, 6.45) is 0. The van der Waals surface area contributed by atoms with Gasteiger partial charge in [0.2, 0.25) is 0 Å². The molecule has 0 spiro atoms. The SMILES string of the molecule is CC(NC(N)=O)C(C)(C)NC(N)=O. The first kappa shape index (κ1) is 11.5. The largest absolute Gasteiger partial charge is 0.352 e. The summed E-state index contributed by atoms with van der Waals surface area (Å²) in [4.78, 5) is 21.1. The second kappa shape index (κ2) is 3.97. The van der Waals surface area contributed by atoms with Crippen molar-refractivity contribution in [2.24, 2.45) is 11.5 Å². The van der Waals surface area contributed by atoms with E-state index in [1.54, 1.807) is 20.8 Å². The first-order valence-electron chi connectivity index (χ1n) is 3.89. The fourth-order valence-corrected chi connectivity index (χ4v) is 0.820. The Morgan fingerprint density at radius 3 is 2.00 bits per heavy atom. The molecule has 0 heterocycles. The van der Waals surface area contributed by atoms with Crippen molar-refractivity contribution in [2.45, 2.75) is 32.4 Å². The molecule has 0 aliphatic rings. The van der Waals surface area contributed by atoms with Crippen molar-refractivity contribution in [1.29, 1.82) is 0 Å². The van der Waals surface area contributed by atoms with Gasteiger partial charge in [-0.15, -0.1) is 0 Å². The minimum atomic E-state index is -0.636. The number of amides is 4. The fourth-order valence-electron chi connectivity index (χ4n) is 0.820. The third kappa shape index (κ3) is 4.19. The van der Waals surface area contributed by atoms with Gasteiger partial charge in [0, 0.05) is 0 Å². The molecule has 0 rings (SSSR count). The van der Waals surface area contributed by atoms with Gasteiger partial charge >= 0.3 is 12.1 Å². The highest BCUT2D eigenvalue weighted by atomic mass is 16.2. The summed E-state index contributed by atoms with van der Waals surface area (Å²) in [6, 6.07) is -1.56. The van der Waals surface area contributed by atoms with Crippen LogP contribution in [0.25, 0.3) is 0 Å². The molecule has 0 aliphatic heterocycles. The minimum absolute atomic E-state index is 0.294. The van der Waals surface area contributed by atoms with Crippen LogP contribution in [0.2, 0.25) is 0 Å². The average molecular weight is 188 g/mol. The maximum absolute atomic E-state index is 10.6. The summed E-state index contributed by atoms with van der Waals surface area (Å²) in [7, 11) is 0. The van der Waals surface area contributed by atoms with E-state index in [9.17, 15) is 9.59 Å². The van der Waals surface area contributed by atoms with Gasteiger partial charge in [0.05, 0.1) is 11.6 Å². The summed E-state index contributed by atoms with van der Waals surface area (Å²) in [5, 5.41) is 4.95. The van der Waals surface area contributed by atoms with Crippen LogP contribution >= 0.6 is 0 Å². The number of carbonyl (C=O) groups is 2. The number of nitrogens with two attached hydrogens (primary N) is 2. The van der Waals surface area contributed by atoms with Gasteiger partial charge in [-0.1, -0.05) is 0 Å². The van der Waals surface area contributed by atoms with E-state index >= 15 is 0 Å². The van der Waals surface area contributed by atoms with Gasteiger partial charge in [0.25, 0.3) is 0 Å². The van der Waals surface area contributed by atoms with Crippen LogP contribution in [0, 0.1) is 0 Å². The van der Waals surface area contributed by atoms with Crippen molar-refractivity contribution < 1.29 is 9.59 Å². The second-order valence-corrected chi connectivity index (χ2v) is 3.44. The highest BCUT2D eigenvalue weighted by molar-refractivity contribution is 5.74. The van der Waals surface area contributed by atoms with Crippen LogP contribution in [0.5, 0.6) is 0 Å². The van der Waals surface area contributed by atoms with Gasteiger partial charge in [-0.2, -0.15) is 0 Å². The zero-order chi connectivity index (χ0) is 10.6. The van der Waals surface area contributed by atoms with Gasteiger partial charge in [-0.25, -0.2) is 9.59 Å². The summed E-state index contributed by atoms with van der Waals surface area (Å²) >= 11 is 0. The summed E-state index contributed by atoms with van der Waals surface area (Å²) in [6.45, 7) is 5.19. The minimum Gasteiger partial charge on any atom is -0.352 e. The normalized spacial score (nSPS) is 13.2. The first-order chi connectivity index (χ1) is 5.75. The Labute approximate surface area is 77.0 Å². The fraction of sp³-hybridized carbons (Fsp3) is 0.714. The Balaban J connectivity index is 4.25. The van der Waals surface area contributed by atoms with Crippen LogP contribution in [-0.4, -0.2) is 23.6 Å². The van der Waals surface area contributed by atoms with Crippen LogP contribution in [0.3, 0.4) is 0 Å². The van der Waals surface area contributed by atoms with E-state index < -0.39 is 17.6 Å². The summed E-state index contributed by atoms with van der Waals surface area (Å²) in [5.41, 5.74) is 9.26. The molecule has 6 nitrogen and oxygen atoms in total. The van der Waals surface area contributed by atoms with Crippen molar-refractivity contribution >= 4 is 12.1 Å². The van der Waals surface area contributed by atoms with Gasteiger partial charge in [0.15, 0.2) is 0 Å². The van der Waals surface area contributed by atoms with Crippen molar-refractivity contribution in [2.75, 3.05) is 0 Å². The monoisotopic (exact) mass is 188 g/mol. The zero-order valence-corrected chi connectivity index (χ0v) is 8.05. The molecule has 1 atom stereocenters. The summed E-state index contributed by atoms with van der Waals surface area (Å²) in [5.74, 6) is 0. The molecule has 0 radical (unpaired) electrons. The van der Waals surface area contributed by atoms with E-state index in [1.807, 2.05) is 0 Å². The van der Waals surface area contributed by atoms with E-state index in [0.29, 0.717) is 0 Å². The molecule has 0 aromatic carbocycles. The Morgan fingerprint density at radius 1 is 1.23 bits per heavy atom. The van der Waals surface area contributed by atoms with Crippen LogP contribution in [0.4, 0.5) is 9.59 Å². The lowest BCUT2D eigenvalue weighted by atomic mass is 9.96. The maximum Gasteiger partial charge on any atom is 0.312 e. The molecule has 13 heavy (non-hydrogen) atoms. The van der Waals surface area contributed by atoms with Gasteiger partial charge < -0.3 is 22.1 Å². The van der Waals surface area contributed by atoms with Crippen molar-refractivity contribution in [3.63, 3.8) is 0 Å². The van der Waals surface area contributed by atoms with Crippen molar-refractivity contribution in [3.8, 4) is 0 Å². The van der Waals surface area contributed by atoms with E-state index in [-0.39, 0.29) is 6.04 Å². The number of rotatable bonds is 3. The van der Waals surface area contributed by atoms with Gasteiger partial charge in [-0.3, -0.25) is 0 Å². The molecule has 0 fully saturated rings. The van der Waals surface area contributed by atoms with Crippen molar-refractivity contribution in [1.82, 2.24) is 10.6 Å². The predicted octanol–water partition coefficient (Wildman–Crippen LogP) is -0.510. The van der Waals surface area contributed by atoms with Gasteiger partial charge in [0.1, 0.15) is 0 Å². The van der Waals surface area contributed by atoms with Crippen LogP contribution in [-0.2, 0) is 0 Å². The van der Waals surface area contributed by atoms with Crippen molar-refractivity contribution in [3.05, 3.63) is 0 Å². The molecule has 76 valence electrons. The Hall–Kier alpha value is -1.46. The van der Waals surface area contributed by atoms with E-state index in [0.717, 1.165) is 0 Å². The molecule has 0 bridgehead atoms. The number of carbonyl (C=O) groups excluding carboxylic acids is 2. The smallest absolute Gasteiger partial charge is 0.312 e. The second-order valence-electron chi connectivity index (χ2n) is 3.44. The Morgan fingerprint density at radius 2 is 1.69 bits per heavy atom. The molecule has 4 amide bonds. The first-order valence-corrected chi connectivity index (χ1v) is 3.89. The molecule has 0 saturated carbocycles. The molecule has 0 aliphatic carbocycles. The number of nitrogens with one attached hydrogen (secondary N) is 2. The topological polar surface area (TPSA) is 110 Å². The summed E-state index contributed by atoms with van der Waals surface area (Å²) < 4.78 is 0. The quantitative estimate of drug-likeness (QED) is 0.478. The highest BCUT2D eigenvalue weighted by Crippen LogP contribution is 2.07. The molecule has 0 aromatic heterocycles. The molecule has 0 aromatic rings. The molecule has 6 heteroatoms. The van der Waals surface area contributed by atoms with Gasteiger partial charge in [-0.05, 0) is 20.8 Å². The lowest BCUT2D eigenvalue weighted by Gasteiger charge is -2.32. The third-order valence-corrected chi connectivity index (χ3v) is 1.89. The zero-order valence-electron chi connectivity index (χ0n) is 8.05. The predicted molar refractivity (Wildman–Crippen MR) is 49.0 cm³/mol. The average Bonchev–Trinajstić information content (AvgIpc) is 1.81. The van der Waals surface area contributed by atoms with Crippen LogP contribution in [0.15, 0.2) is 0 Å². The third-order valence-electron chi connectivity index (χ3n) is 1.89. The number of hydrogen-bond donors (Lipinski definition) is 4. The molecular formula is C7H16N4O2. The van der Waals surface area contributed by atoms with E-state index in [1.165, 1.54) is 0 Å². The molecular weight excluding hydrogens is 172 g/mol.